The summed E-state index contributed by atoms with van der Waals surface area (Å²) in [5.74, 6) is 0.280. The third-order valence-corrected chi connectivity index (χ3v) is 4.76. The first-order chi connectivity index (χ1) is 11.4. The van der Waals surface area contributed by atoms with Gasteiger partial charge in [-0.05, 0) is 49.9 Å². The number of nitrogens with one attached hydrogen (secondary N) is 2. The minimum atomic E-state index is -0.416. The third-order valence-electron chi connectivity index (χ3n) is 4.76. The van der Waals surface area contributed by atoms with Gasteiger partial charge in [-0.1, -0.05) is 6.07 Å². The molecule has 0 radical (unpaired) electrons. The van der Waals surface area contributed by atoms with E-state index >= 15 is 0 Å². The van der Waals surface area contributed by atoms with Crippen molar-refractivity contribution >= 4 is 17.6 Å². The van der Waals surface area contributed by atoms with Gasteiger partial charge in [0.1, 0.15) is 6.04 Å². The zero-order chi connectivity index (χ0) is 17.4. The molecule has 1 saturated heterocycles. The second-order valence-corrected chi connectivity index (χ2v) is 6.47. The summed E-state index contributed by atoms with van der Waals surface area (Å²) >= 11 is 0. The van der Waals surface area contributed by atoms with Crippen molar-refractivity contribution in [3.63, 3.8) is 0 Å². The number of amides is 2. The summed E-state index contributed by atoms with van der Waals surface area (Å²) in [5.41, 5.74) is 5.54. The summed E-state index contributed by atoms with van der Waals surface area (Å²) in [5, 5.41) is 9.96. The van der Waals surface area contributed by atoms with Crippen LogP contribution in [0.1, 0.15) is 29.5 Å². The molecule has 24 heavy (non-hydrogen) atoms. The standard InChI is InChI=1S/C18H22N4O2/c1-10-7-12(3)13(8-11(10)2)14-9-16(21-20-14)19-18(24)15-5-6-17(23)22(15)4/h7-9,15H,5-6H2,1-4H3,(H2,19,20,21,24). The molecule has 1 aliphatic rings. The summed E-state index contributed by atoms with van der Waals surface area (Å²) in [7, 11) is 1.66. The molecule has 0 saturated carbocycles. The number of rotatable bonds is 3. The lowest BCUT2D eigenvalue weighted by Gasteiger charge is -2.18. The zero-order valence-electron chi connectivity index (χ0n) is 14.4. The van der Waals surface area contributed by atoms with Crippen LogP contribution in [0, 0.1) is 20.8 Å². The highest BCUT2D eigenvalue weighted by Gasteiger charge is 2.33. The highest BCUT2D eigenvalue weighted by Crippen LogP contribution is 2.27. The number of hydrogen-bond acceptors (Lipinski definition) is 3. The van der Waals surface area contributed by atoms with Crippen LogP contribution in [0.4, 0.5) is 5.82 Å². The van der Waals surface area contributed by atoms with Crippen LogP contribution in [0.25, 0.3) is 11.3 Å². The van der Waals surface area contributed by atoms with Crippen LogP contribution < -0.4 is 5.32 Å². The van der Waals surface area contributed by atoms with Gasteiger partial charge >= 0.3 is 0 Å². The van der Waals surface area contributed by atoms with E-state index in [4.69, 9.17) is 0 Å². The van der Waals surface area contributed by atoms with Gasteiger partial charge in [0.25, 0.3) is 0 Å². The average Bonchev–Trinajstić information content (AvgIpc) is 3.11. The van der Waals surface area contributed by atoms with Crippen LogP contribution in [0.3, 0.4) is 0 Å². The molecule has 2 heterocycles. The molecule has 1 aliphatic heterocycles. The van der Waals surface area contributed by atoms with Gasteiger partial charge < -0.3 is 10.2 Å². The van der Waals surface area contributed by atoms with Gasteiger partial charge in [-0.3, -0.25) is 14.7 Å². The van der Waals surface area contributed by atoms with Crippen molar-refractivity contribution in [3.05, 3.63) is 34.9 Å². The predicted molar refractivity (Wildman–Crippen MR) is 92.7 cm³/mol. The van der Waals surface area contributed by atoms with Crippen LogP contribution in [0.15, 0.2) is 18.2 Å². The highest BCUT2D eigenvalue weighted by molar-refractivity contribution is 5.98. The molecule has 0 spiro atoms. The number of aromatic amines is 1. The van der Waals surface area contributed by atoms with Gasteiger partial charge in [0.05, 0.1) is 5.69 Å². The Labute approximate surface area is 141 Å². The molecule has 3 rings (SSSR count). The highest BCUT2D eigenvalue weighted by atomic mass is 16.2. The van der Waals surface area contributed by atoms with Crippen LogP contribution in [-0.2, 0) is 9.59 Å². The molecule has 2 amide bonds. The first-order valence-electron chi connectivity index (χ1n) is 8.07. The summed E-state index contributed by atoms with van der Waals surface area (Å²) < 4.78 is 0. The van der Waals surface area contributed by atoms with Crippen LogP contribution in [0.5, 0.6) is 0 Å². The lowest BCUT2D eigenvalue weighted by molar-refractivity contribution is -0.131. The number of anilines is 1. The molecule has 6 heteroatoms. The molecule has 1 unspecified atom stereocenters. The number of aromatic nitrogens is 2. The van der Waals surface area contributed by atoms with Gasteiger partial charge in [0.2, 0.25) is 11.8 Å². The molecular formula is C18H22N4O2. The Balaban J connectivity index is 1.78. The van der Waals surface area contributed by atoms with Crippen LogP contribution >= 0.6 is 0 Å². The molecular weight excluding hydrogens is 304 g/mol. The van der Waals surface area contributed by atoms with Gasteiger partial charge in [-0.15, -0.1) is 0 Å². The van der Waals surface area contributed by atoms with Crippen molar-refractivity contribution in [2.75, 3.05) is 12.4 Å². The monoisotopic (exact) mass is 326 g/mol. The lowest BCUT2D eigenvalue weighted by Crippen LogP contribution is -2.38. The molecule has 6 nitrogen and oxygen atoms in total. The SMILES string of the molecule is Cc1cc(C)c(-c2cc(NC(=O)C3CCC(=O)N3C)n[nH]2)cc1C. The van der Waals surface area contributed by atoms with E-state index in [9.17, 15) is 9.59 Å². The molecule has 2 aromatic rings. The Bertz CT molecular complexity index is 809. The van der Waals surface area contributed by atoms with E-state index in [2.05, 4.69) is 48.4 Å². The molecule has 1 aromatic carbocycles. The van der Waals surface area contributed by atoms with Gasteiger partial charge in [-0.25, -0.2) is 0 Å². The van der Waals surface area contributed by atoms with E-state index in [0.29, 0.717) is 18.7 Å². The number of hydrogen-bond donors (Lipinski definition) is 2. The number of likely N-dealkylation sites (tertiary alicyclic amines) is 1. The Morgan fingerprint density at radius 3 is 2.58 bits per heavy atom. The Hall–Kier alpha value is -2.63. The van der Waals surface area contributed by atoms with Crippen molar-refractivity contribution in [1.29, 1.82) is 0 Å². The largest absolute Gasteiger partial charge is 0.334 e. The smallest absolute Gasteiger partial charge is 0.248 e. The first kappa shape index (κ1) is 16.2. The maximum absolute atomic E-state index is 12.3. The van der Waals surface area contributed by atoms with Crippen molar-refractivity contribution in [3.8, 4) is 11.3 Å². The lowest BCUT2D eigenvalue weighted by atomic mass is 9.99. The number of carbonyl (C=O) groups excluding carboxylic acids is 2. The molecule has 1 aromatic heterocycles. The first-order valence-corrected chi connectivity index (χ1v) is 8.07. The van der Waals surface area contributed by atoms with Gasteiger partial charge in [-0.2, -0.15) is 5.10 Å². The van der Waals surface area contributed by atoms with E-state index in [-0.39, 0.29) is 11.8 Å². The normalized spacial score (nSPS) is 17.4. The minimum absolute atomic E-state index is 0.00335. The van der Waals surface area contributed by atoms with Gasteiger partial charge in [0, 0.05) is 25.1 Å². The molecule has 2 N–H and O–H groups in total. The molecule has 1 atom stereocenters. The summed E-state index contributed by atoms with van der Waals surface area (Å²) in [4.78, 5) is 25.4. The number of H-pyrrole nitrogens is 1. The predicted octanol–water partition coefficient (Wildman–Crippen LogP) is 2.56. The number of aryl methyl sites for hydroxylation is 3. The van der Waals surface area contributed by atoms with E-state index in [0.717, 1.165) is 16.8 Å². The minimum Gasteiger partial charge on any atom is -0.334 e. The van der Waals surface area contributed by atoms with Crippen LogP contribution in [0.2, 0.25) is 0 Å². The quantitative estimate of drug-likeness (QED) is 0.910. The third kappa shape index (κ3) is 2.91. The van der Waals surface area contributed by atoms with E-state index in [1.54, 1.807) is 7.05 Å². The number of benzene rings is 1. The van der Waals surface area contributed by atoms with Crippen molar-refractivity contribution in [1.82, 2.24) is 15.1 Å². The Kier molecular flexibility index (Phi) is 4.13. The number of likely N-dealkylation sites (N-methyl/N-ethyl adjacent to an activating group) is 1. The summed E-state index contributed by atoms with van der Waals surface area (Å²) in [6, 6.07) is 5.67. The second kappa shape index (κ2) is 6.11. The van der Waals surface area contributed by atoms with E-state index in [1.165, 1.54) is 16.0 Å². The van der Waals surface area contributed by atoms with E-state index < -0.39 is 6.04 Å². The number of nitrogens with zero attached hydrogens (tertiary/aromatic N) is 2. The molecule has 0 bridgehead atoms. The fraction of sp³-hybridized carbons (Fsp3) is 0.389. The molecule has 126 valence electrons. The fourth-order valence-electron chi connectivity index (χ4n) is 3.09. The maximum atomic E-state index is 12.3. The Morgan fingerprint density at radius 1 is 1.21 bits per heavy atom. The summed E-state index contributed by atoms with van der Waals surface area (Å²) in [6.45, 7) is 6.22. The van der Waals surface area contributed by atoms with Crippen molar-refractivity contribution in [2.45, 2.75) is 39.7 Å². The average molecular weight is 326 g/mol. The van der Waals surface area contributed by atoms with E-state index in [1.807, 2.05) is 6.07 Å². The molecule has 0 aliphatic carbocycles. The topological polar surface area (TPSA) is 78.1 Å². The van der Waals surface area contributed by atoms with Gasteiger partial charge in [0.15, 0.2) is 5.82 Å². The fourth-order valence-corrected chi connectivity index (χ4v) is 3.09. The number of carbonyl (C=O) groups is 2. The second-order valence-electron chi connectivity index (χ2n) is 6.47. The maximum Gasteiger partial charge on any atom is 0.248 e. The molecule has 1 fully saturated rings. The Morgan fingerprint density at radius 2 is 1.92 bits per heavy atom. The zero-order valence-corrected chi connectivity index (χ0v) is 14.4. The summed E-state index contributed by atoms with van der Waals surface area (Å²) in [6.07, 6.45) is 0.969. The van der Waals surface area contributed by atoms with Crippen molar-refractivity contribution < 1.29 is 9.59 Å². The van der Waals surface area contributed by atoms with Crippen molar-refractivity contribution in [2.24, 2.45) is 0 Å². The van der Waals surface area contributed by atoms with Crippen LogP contribution in [-0.4, -0.2) is 40.0 Å².